The van der Waals surface area contributed by atoms with Gasteiger partial charge in [0.05, 0.1) is 13.2 Å². The van der Waals surface area contributed by atoms with Crippen molar-refractivity contribution in [3.8, 4) is 6.07 Å². The molecule has 14 heavy (non-hydrogen) atoms. The van der Waals surface area contributed by atoms with Crippen LogP contribution in [0, 0.1) is 16.7 Å². The van der Waals surface area contributed by atoms with Crippen LogP contribution in [0.25, 0.3) is 0 Å². The average Bonchev–Trinajstić information content (AvgIpc) is 2.16. The number of ether oxygens (including phenoxy) is 1. The lowest BCUT2D eigenvalue weighted by atomic mass is 9.94. The van der Waals surface area contributed by atoms with Gasteiger partial charge in [-0.05, 0) is 20.8 Å². The first-order valence-corrected chi connectivity index (χ1v) is 4.15. The van der Waals surface area contributed by atoms with Crippen LogP contribution in [0.5, 0.6) is 0 Å². The summed E-state index contributed by atoms with van der Waals surface area (Å²) in [5, 5.41) is 11.0. The molecule has 0 radical (unpaired) electrons. The molecule has 1 amide bonds. The van der Waals surface area contributed by atoms with Gasteiger partial charge in [-0.2, -0.15) is 5.26 Å². The molecular formula is C9H14N2O3. The van der Waals surface area contributed by atoms with Crippen LogP contribution in [0.15, 0.2) is 0 Å². The number of hydrogen-bond donors (Lipinski definition) is 1. The smallest absolute Gasteiger partial charge is 0.328 e. The number of amides is 1. The second-order valence-electron chi connectivity index (χ2n) is 3.46. The molecule has 1 N–H and O–H groups in total. The Labute approximate surface area is 83.0 Å². The Bertz CT molecular complexity index is 278. The Morgan fingerprint density at radius 3 is 2.36 bits per heavy atom. The normalized spacial score (nSPS) is 12.5. The van der Waals surface area contributed by atoms with Gasteiger partial charge < -0.3 is 10.1 Å². The van der Waals surface area contributed by atoms with Gasteiger partial charge in [0.1, 0.15) is 11.5 Å². The molecule has 5 heteroatoms. The van der Waals surface area contributed by atoms with Crippen molar-refractivity contribution in [3.63, 3.8) is 0 Å². The van der Waals surface area contributed by atoms with E-state index in [0.717, 1.165) is 0 Å². The predicted molar refractivity (Wildman–Crippen MR) is 49.0 cm³/mol. The molecular weight excluding hydrogens is 184 g/mol. The van der Waals surface area contributed by atoms with Crippen LogP contribution in [-0.2, 0) is 14.3 Å². The van der Waals surface area contributed by atoms with Crippen molar-refractivity contribution < 1.29 is 14.3 Å². The third-order valence-electron chi connectivity index (χ3n) is 1.75. The van der Waals surface area contributed by atoms with Gasteiger partial charge in [0.25, 0.3) is 0 Å². The number of nitrogens with one attached hydrogen (secondary N) is 1. The maximum atomic E-state index is 11.4. The maximum Gasteiger partial charge on any atom is 0.328 e. The van der Waals surface area contributed by atoms with E-state index in [1.54, 1.807) is 0 Å². The molecule has 0 aliphatic heterocycles. The molecule has 0 fully saturated rings. The van der Waals surface area contributed by atoms with E-state index >= 15 is 0 Å². The lowest BCUT2D eigenvalue weighted by molar-refractivity contribution is -0.145. The number of nitrogens with zero attached hydrogens (tertiary/aromatic N) is 1. The summed E-state index contributed by atoms with van der Waals surface area (Å²) in [6.45, 7) is 4.45. The second kappa shape index (κ2) is 4.61. The van der Waals surface area contributed by atoms with Gasteiger partial charge in [-0.15, -0.1) is 0 Å². The molecule has 0 spiro atoms. The van der Waals surface area contributed by atoms with Crippen LogP contribution in [0.3, 0.4) is 0 Å². The third-order valence-corrected chi connectivity index (χ3v) is 1.75. The van der Waals surface area contributed by atoms with E-state index < -0.39 is 23.3 Å². The molecule has 0 saturated heterocycles. The number of nitriles is 1. The lowest BCUT2D eigenvalue weighted by Gasteiger charge is -2.18. The van der Waals surface area contributed by atoms with E-state index in [0.29, 0.717) is 0 Å². The summed E-state index contributed by atoms with van der Waals surface area (Å²) < 4.78 is 4.42. The Morgan fingerprint density at radius 1 is 1.50 bits per heavy atom. The number of methoxy groups -OCH3 is 1. The summed E-state index contributed by atoms with van der Waals surface area (Å²) in [6.07, 6.45) is 0. The first kappa shape index (κ1) is 12.4. The molecule has 0 rings (SSSR count). The van der Waals surface area contributed by atoms with Gasteiger partial charge in [0.2, 0.25) is 5.91 Å². The average molecular weight is 198 g/mol. The topological polar surface area (TPSA) is 79.2 Å². The zero-order valence-electron chi connectivity index (χ0n) is 8.75. The fourth-order valence-corrected chi connectivity index (χ4v) is 0.664. The van der Waals surface area contributed by atoms with Crippen LogP contribution >= 0.6 is 0 Å². The van der Waals surface area contributed by atoms with E-state index in [4.69, 9.17) is 5.26 Å². The van der Waals surface area contributed by atoms with Crippen molar-refractivity contribution in [2.45, 2.75) is 26.8 Å². The Morgan fingerprint density at radius 2 is 2.00 bits per heavy atom. The molecule has 1 atom stereocenters. The monoisotopic (exact) mass is 198 g/mol. The molecule has 0 aliphatic carbocycles. The van der Waals surface area contributed by atoms with Gasteiger partial charge in [0, 0.05) is 0 Å². The SMILES string of the molecule is COC(=O)[C@@H](C)NC(=O)C(C)(C)C#N. The highest BCUT2D eigenvalue weighted by Crippen LogP contribution is 2.12. The van der Waals surface area contributed by atoms with Crippen LogP contribution in [-0.4, -0.2) is 25.0 Å². The lowest BCUT2D eigenvalue weighted by Crippen LogP contribution is -2.45. The third kappa shape index (κ3) is 3.05. The number of esters is 1. The summed E-state index contributed by atoms with van der Waals surface area (Å²) in [4.78, 5) is 22.3. The minimum Gasteiger partial charge on any atom is -0.467 e. The molecule has 0 aromatic carbocycles. The number of hydrogen-bond acceptors (Lipinski definition) is 4. The highest BCUT2D eigenvalue weighted by molar-refractivity contribution is 5.88. The number of rotatable bonds is 3. The Kier molecular flexibility index (Phi) is 4.09. The highest BCUT2D eigenvalue weighted by Gasteiger charge is 2.29. The van der Waals surface area contributed by atoms with Crippen molar-refractivity contribution in [1.82, 2.24) is 5.32 Å². The van der Waals surface area contributed by atoms with Crippen molar-refractivity contribution in [2.24, 2.45) is 5.41 Å². The van der Waals surface area contributed by atoms with Gasteiger partial charge in [-0.25, -0.2) is 4.79 Å². The summed E-state index contributed by atoms with van der Waals surface area (Å²) >= 11 is 0. The van der Waals surface area contributed by atoms with Crippen molar-refractivity contribution in [3.05, 3.63) is 0 Å². The van der Waals surface area contributed by atoms with E-state index in [1.807, 2.05) is 6.07 Å². The molecule has 0 unspecified atom stereocenters. The number of carbonyl (C=O) groups is 2. The summed E-state index contributed by atoms with van der Waals surface area (Å²) in [6, 6.07) is 1.10. The van der Waals surface area contributed by atoms with Gasteiger partial charge >= 0.3 is 5.97 Å². The van der Waals surface area contributed by atoms with Crippen LogP contribution in [0.2, 0.25) is 0 Å². The molecule has 0 aliphatic rings. The molecule has 78 valence electrons. The van der Waals surface area contributed by atoms with E-state index in [1.165, 1.54) is 27.9 Å². The molecule has 0 bridgehead atoms. The second-order valence-corrected chi connectivity index (χ2v) is 3.46. The van der Waals surface area contributed by atoms with Crippen molar-refractivity contribution >= 4 is 11.9 Å². The molecule has 0 saturated carbocycles. The summed E-state index contributed by atoms with van der Waals surface area (Å²) in [5.41, 5.74) is -1.14. The maximum absolute atomic E-state index is 11.4. The van der Waals surface area contributed by atoms with Crippen molar-refractivity contribution in [2.75, 3.05) is 7.11 Å². The van der Waals surface area contributed by atoms with E-state index in [2.05, 4.69) is 10.1 Å². The summed E-state index contributed by atoms with van der Waals surface area (Å²) in [5.74, 6) is -1.02. The minimum atomic E-state index is -1.14. The highest BCUT2D eigenvalue weighted by atomic mass is 16.5. The Balaban J connectivity index is 4.36. The largest absolute Gasteiger partial charge is 0.467 e. The van der Waals surface area contributed by atoms with Crippen LogP contribution in [0.1, 0.15) is 20.8 Å². The van der Waals surface area contributed by atoms with Crippen LogP contribution in [0.4, 0.5) is 0 Å². The van der Waals surface area contributed by atoms with Gasteiger partial charge in [0.15, 0.2) is 0 Å². The molecule has 5 nitrogen and oxygen atoms in total. The molecule has 0 aromatic rings. The fourth-order valence-electron chi connectivity index (χ4n) is 0.664. The minimum absolute atomic E-state index is 0.488. The number of carbonyl (C=O) groups excluding carboxylic acids is 2. The zero-order valence-corrected chi connectivity index (χ0v) is 8.75. The van der Waals surface area contributed by atoms with Gasteiger partial charge in [-0.1, -0.05) is 0 Å². The van der Waals surface area contributed by atoms with Crippen LogP contribution < -0.4 is 5.32 Å². The molecule has 0 heterocycles. The fraction of sp³-hybridized carbons (Fsp3) is 0.667. The Hall–Kier alpha value is -1.57. The van der Waals surface area contributed by atoms with E-state index in [9.17, 15) is 9.59 Å². The van der Waals surface area contributed by atoms with E-state index in [-0.39, 0.29) is 0 Å². The molecule has 0 aromatic heterocycles. The zero-order chi connectivity index (χ0) is 11.4. The standard InChI is InChI=1S/C9H14N2O3/c1-6(7(12)14-4)11-8(13)9(2,3)5-10/h6H,1-4H3,(H,11,13)/t6-/m1/s1. The predicted octanol–water partition coefficient (Wildman–Crippen LogP) is 0.214. The van der Waals surface area contributed by atoms with Crippen molar-refractivity contribution in [1.29, 1.82) is 5.26 Å². The summed E-state index contributed by atoms with van der Waals surface area (Å²) in [7, 11) is 1.24. The first-order chi connectivity index (χ1) is 6.35. The first-order valence-electron chi connectivity index (χ1n) is 4.15. The van der Waals surface area contributed by atoms with Gasteiger partial charge in [-0.3, -0.25) is 4.79 Å². The quantitative estimate of drug-likeness (QED) is 0.657.